The molecule has 2 aromatic rings. The molecule has 0 saturated carbocycles. The summed E-state index contributed by atoms with van der Waals surface area (Å²) in [6.45, 7) is 8.14. The Morgan fingerprint density at radius 1 is 1.06 bits per heavy atom. The molecule has 0 bridgehead atoms. The Kier molecular flexibility index (Phi) is 7.89. The zero-order valence-electron chi connectivity index (χ0n) is 20.1. The first kappa shape index (κ1) is 24.9. The van der Waals surface area contributed by atoms with Crippen molar-refractivity contribution < 1.29 is 17.9 Å². The van der Waals surface area contributed by atoms with Crippen LogP contribution >= 0.6 is 0 Å². The molecule has 0 aromatic heterocycles. The van der Waals surface area contributed by atoms with Gasteiger partial charge in [0.05, 0.1) is 18.0 Å². The van der Waals surface area contributed by atoms with Crippen LogP contribution in [-0.2, 0) is 14.8 Å². The van der Waals surface area contributed by atoms with Crippen molar-refractivity contribution in [1.82, 2.24) is 5.32 Å². The minimum Gasteiger partial charge on any atom is -0.481 e. The van der Waals surface area contributed by atoms with Crippen molar-refractivity contribution in [3.8, 4) is 5.75 Å². The highest BCUT2D eigenvalue weighted by atomic mass is 32.2. The average molecular weight is 474 g/mol. The number of rotatable bonds is 8. The largest absolute Gasteiger partial charge is 0.481 e. The van der Waals surface area contributed by atoms with Gasteiger partial charge in [0.2, 0.25) is 10.0 Å². The fourth-order valence-corrected chi connectivity index (χ4v) is 4.34. The van der Waals surface area contributed by atoms with Crippen molar-refractivity contribution in [2.75, 3.05) is 35.6 Å². The number of piperidine rings is 1. The molecule has 33 heavy (non-hydrogen) atoms. The molecular formula is C25H35N3O4S. The number of nitrogens with zero attached hydrogens (tertiary/aromatic N) is 2. The Balaban J connectivity index is 1.53. The Bertz CT molecular complexity index is 1030. The van der Waals surface area contributed by atoms with Gasteiger partial charge in [-0.05, 0) is 74.6 Å². The van der Waals surface area contributed by atoms with Crippen LogP contribution in [-0.4, -0.2) is 46.8 Å². The Morgan fingerprint density at radius 3 is 2.18 bits per heavy atom. The lowest BCUT2D eigenvalue weighted by atomic mass is 9.98. The summed E-state index contributed by atoms with van der Waals surface area (Å²) >= 11 is 0. The Morgan fingerprint density at radius 2 is 1.64 bits per heavy atom. The summed E-state index contributed by atoms with van der Waals surface area (Å²) in [7, 11) is -1.84. The molecule has 1 fully saturated rings. The van der Waals surface area contributed by atoms with Gasteiger partial charge in [-0.2, -0.15) is 0 Å². The Labute approximate surface area is 197 Å². The van der Waals surface area contributed by atoms with Gasteiger partial charge in [-0.1, -0.05) is 19.1 Å². The van der Waals surface area contributed by atoms with E-state index in [1.807, 2.05) is 6.92 Å². The lowest BCUT2D eigenvalue weighted by molar-refractivity contribution is -0.127. The monoisotopic (exact) mass is 473 g/mol. The van der Waals surface area contributed by atoms with Crippen LogP contribution in [0.2, 0.25) is 0 Å². The highest BCUT2D eigenvalue weighted by Crippen LogP contribution is 2.25. The molecule has 0 aliphatic carbocycles. The number of hydrogen-bond acceptors (Lipinski definition) is 5. The molecule has 7 nitrogen and oxygen atoms in total. The molecule has 1 heterocycles. The molecule has 1 aliphatic heterocycles. The second kappa shape index (κ2) is 10.5. The number of nitrogens with one attached hydrogen (secondary N) is 1. The van der Waals surface area contributed by atoms with E-state index in [0.29, 0.717) is 11.4 Å². The van der Waals surface area contributed by atoms with Crippen LogP contribution in [0.4, 0.5) is 11.4 Å². The first-order chi connectivity index (χ1) is 15.5. The molecule has 1 saturated heterocycles. The van der Waals surface area contributed by atoms with E-state index in [4.69, 9.17) is 4.74 Å². The molecule has 0 spiro atoms. The summed E-state index contributed by atoms with van der Waals surface area (Å²) in [5, 5.41) is 3.01. The van der Waals surface area contributed by atoms with E-state index in [2.05, 4.69) is 41.4 Å². The second-order valence-electron chi connectivity index (χ2n) is 8.98. The minimum atomic E-state index is -3.33. The van der Waals surface area contributed by atoms with E-state index in [-0.39, 0.29) is 11.9 Å². The van der Waals surface area contributed by atoms with E-state index >= 15 is 0 Å². The SMILES string of the molecule is CC1CCN(c2ccc([C@@H](C)NC(=O)[C@@H](C)Oc3ccc(N(C)S(C)(=O)=O)cc3)cc2)CC1. The van der Waals surface area contributed by atoms with Crippen molar-refractivity contribution in [3.05, 3.63) is 54.1 Å². The van der Waals surface area contributed by atoms with E-state index in [1.54, 1.807) is 31.2 Å². The zero-order valence-corrected chi connectivity index (χ0v) is 20.9. The van der Waals surface area contributed by atoms with Crippen LogP contribution < -0.4 is 19.3 Å². The first-order valence-corrected chi connectivity index (χ1v) is 13.3. The van der Waals surface area contributed by atoms with Crippen LogP contribution in [0.3, 0.4) is 0 Å². The van der Waals surface area contributed by atoms with Gasteiger partial charge in [-0.15, -0.1) is 0 Å². The summed E-state index contributed by atoms with van der Waals surface area (Å²) in [5.41, 5.74) is 2.79. The summed E-state index contributed by atoms with van der Waals surface area (Å²) < 4.78 is 30.2. The van der Waals surface area contributed by atoms with E-state index in [1.165, 1.54) is 29.9 Å². The number of carbonyl (C=O) groups is 1. The van der Waals surface area contributed by atoms with E-state index < -0.39 is 16.1 Å². The van der Waals surface area contributed by atoms with E-state index in [0.717, 1.165) is 30.8 Å². The maximum absolute atomic E-state index is 12.7. The van der Waals surface area contributed by atoms with Crippen molar-refractivity contribution in [1.29, 1.82) is 0 Å². The summed E-state index contributed by atoms with van der Waals surface area (Å²) in [4.78, 5) is 15.1. The lowest BCUT2D eigenvalue weighted by Crippen LogP contribution is -2.37. The maximum atomic E-state index is 12.7. The highest BCUT2D eigenvalue weighted by Gasteiger charge is 2.20. The van der Waals surface area contributed by atoms with Gasteiger partial charge in [0.15, 0.2) is 6.10 Å². The molecule has 8 heteroatoms. The number of carbonyl (C=O) groups excluding carboxylic acids is 1. The first-order valence-electron chi connectivity index (χ1n) is 11.4. The number of benzene rings is 2. The third-order valence-corrected chi connectivity index (χ3v) is 7.49. The predicted octanol–water partition coefficient (Wildman–Crippen LogP) is 3.96. The smallest absolute Gasteiger partial charge is 0.261 e. The zero-order chi connectivity index (χ0) is 24.2. The van der Waals surface area contributed by atoms with Gasteiger partial charge in [0.1, 0.15) is 5.75 Å². The lowest BCUT2D eigenvalue weighted by Gasteiger charge is -2.32. The van der Waals surface area contributed by atoms with Crippen LogP contribution in [0.1, 0.15) is 45.2 Å². The van der Waals surface area contributed by atoms with Crippen molar-refractivity contribution >= 4 is 27.3 Å². The molecule has 0 unspecified atom stereocenters. The number of anilines is 2. The average Bonchev–Trinajstić information content (AvgIpc) is 2.79. The van der Waals surface area contributed by atoms with Crippen LogP contribution in [0.5, 0.6) is 5.75 Å². The van der Waals surface area contributed by atoms with E-state index in [9.17, 15) is 13.2 Å². The highest BCUT2D eigenvalue weighted by molar-refractivity contribution is 7.92. The summed E-state index contributed by atoms with van der Waals surface area (Å²) in [5.74, 6) is 1.08. The van der Waals surface area contributed by atoms with Crippen LogP contribution in [0, 0.1) is 5.92 Å². The van der Waals surface area contributed by atoms with Gasteiger partial charge < -0.3 is 15.0 Å². The van der Waals surface area contributed by atoms with Crippen LogP contribution in [0.15, 0.2) is 48.5 Å². The molecule has 3 rings (SSSR count). The third-order valence-electron chi connectivity index (χ3n) is 6.28. The Hall–Kier alpha value is -2.74. The number of sulfonamides is 1. The summed E-state index contributed by atoms with van der Waals surface area (Å²) in [6, 6.07) is 14.9. The second-order valence-corrected chi connectivity index (χ2v) is 11.0. The van der Waals surface area contributed by atoms with Gasteiger partial charge in [-0.25, -0.2) is 8.42 Å². The van der Waals surface area contributed by atoms with Crippen molar-refractivity contribution in [2.24, 2.45) is 5.92 Å². The minimum absolute atomic E-state index is 0.148. The number of amides is 1. The third kappa shape index (κ3) is 6.63. The number of ether oxygens (including phenoxy) is 1. The van der Waals surface area contributed by atoms with Gasteiger partial charge in [0.25, 0.3) is 5.91 Å². The molecule has 1 N–H and O–H groups in total. The fraction of sp³-hybridized carbons (Fsp3) is 0.480. The normalized spacial score (nSPS) is 16.7. The summed E-state index contributed by atoms with van der Waals surface area (Å²) in [6.07, 6.45) is 2.90. The molecule has 1 amide bonds. The molecular weight excluding hydrogens is 438 g/mol. The fourth-order valence-electron chi connectivity index (χ4n) is 3.84. The van der Waals surface area contributed by atoms with Crippen LogP contribution in [0.25, 0.3) is 0 Å². The number of hydrogen-bond donors (Lipinski definition) is 1. The quantitative estimate of drug-likeness (QED) is 0.628. The standard InChI is InChI=1S/C25H35N3O4S/c1-18-14-16-28(17-15-18)23-8-6-21(7-9-23)19(2)26-25(29)20(3)32-24-12-10-22(11-13-24)27(4)33(5,30)31/h6-13,18-20H,14-17H2,1-5H3,(H,26,29)/t19-,20-/m1/s1. The van der Waals surface area contributed by atoms with Crippen molar-refractivity contribution in [2.45, 2.75) is 45.8 Å². The van der Waals surface area contributed by atoms with Gasteiger partial charge in [-0.3, -0.25) is 9.10 Å². The predicted molar refractivity (Wildman–Crippen MR) is 133 cm³/mol. The molecule has 180 valence electrons. The van der Waals surface area contributed by atoms with Gasteiger partial charge >= 0.3 is 0 Å². The molecule has 2 atom stereocenters. The maximum Gasteiger partial charge on any atom is 0.261 e. The van der Waals surface area contributed by atoms with Gasteiger partial charge in [0, 0.05) is 25.8 Å². The molecule has 0 radical (unpaired) electrons. The topological polar surface area (TPSA) is 79.0 Å². The molecule has 1 aliphatic rings. The van der Waals surface area contributed by atoms with Crippen molar-refractivity contribution in [3.63, 3.8) is 0 Å². The molecule has 2 aromatic carbocycles.